The van der Waals surface area contributed by atoms with Crippen LogP contribution in [0.4, 0.5) is 0 Å². The number of amides is 2. The number of carbonyl (C=O) groups excluding carboxylic acids is 2. The lowest BCUT2D eigenvalue weighted by atomic mass is 10.1. The van der Waals surface area contributed by atoms with Crippen LogP contribution in [0.1, 0.15) is 30.1 Å². The van der Waals surface area contributed by atoms with Gasteiger partial charge in [-0.2, -0.15) is 0 Å². The summed E-state index contributed by atoms with van der Waals surface area (Å²) in [6, 6.07) is 13.3. The average molecular weight is 281 g/mol. The molecule has 0 aromatic heterocycles. The largest absolute Gasteiger partial charge is 0.275 e. The molecule has 3 nitrogen and oxygen atoms in total. The molecule has 2 rings (SSSR count). The number of benzene rings is 2. The van der Waals surface area contributed by atoms with Crippen LogP contribution in [0.2, 0.25) is 0 Å². The SMILES string of the molecule is C=CC(=O)N(CCCC)C(=O)c1ccc2ccccc2c1. The summed E-state index contributed by atoms with van der Waals surface area (Å²) in [4.78, 5) is 25.7. The topological polar surface area (TPSA) is 37.4 Å². The van der Waals surface area contributed by atoms with Crippen LogP contribution < -0.4 is 0 Å². The van der Waals surface area contributed by atoms with Crippen molar-refractivity contribution in [2.24, 2.45) is 0 Å². The second-order valence-electron chi connectivity index (χ2n) is 4.91. The Hall–Kier alpha value is -2.42. The molecule has 0 bridgehead atoms. The van der Waals surface area contributed by atoms with Gasteiger partial charge in [-0.1, -0.05) is 50.3 Å². The summed E-state index contributed by atoms with van der Waals surface area (Å²) in [6.45, 7) is 5.92. The van der Waals surface area contributed by atoms with Gasteiger partial charge in [0.15, 0.2) is 0 Å². The van der Waals surface area contributed by atoms with Crippen LogP contribution in [0.15, 0.2) is 55.1 Å². The molecule has 3 heteroatoms. The summed E-state index contributed by atoms with van der Waals surface area (Å²) in [5, 5.41) is 2.06. The van der Waals surface area contributed by atoms with Crippen LogP contribution in [0.25, 0.3) is 10.8 Å². The van der Waals surface area contributed by atoms with Gasteiger partial charge in [0.25, 0.3) is 11.8 Å². The first-order chi connectivity index (χ1) is 10.2. The standard InChI is InChI=1S/C18H19NO2/c1-3-5-12-19(17(20)4-2)18(21)16-11-10-14-8-6-7-9-15(14)13-16/h4,6-11,13H,2-3,5,12H2,1H3. The van der Waals surface area contributed by atoms with Crippen LogP contribution in [0.5, 0.6) is 0 Å². The summed E-state index contributed by atoms with van der Waals surface area (Å²) in [5.41, 5.74) is 0.528. The van der Waals surface area contributed by atoms with Crippen molar-refractivity contribution >= 4 is 22.6 Å². The van der Waals surface area contributed by atoms with Gasteiger partial charge in [-0.25, -0.2) is 0 Å². The van der Waals surface area contributed by atoms with Crippen LogP contribution in [-0.4, -0.2) is 23.3 Å². The lowest BCUT2D eigenvalue weighted by Crippen LogP contribution is -2.36. The Morgan fingerprint density at radius 3 is 2.52 bits per heavy atom. The molecule has 108 valence electrons. The minimum Gasteiger partial charge on any atom is -0.275 e. The van der Waals surface area contributed by atoms with Crippen molar-refractivity contribution in [3.8, 4) is 0 Å². The minimum atomic E-state index is -0.346. The number of rotatable bonds is 5. The van der Waals surface area contributed by atoms with Gasteiger partial charge in [-0.3, -0.25) is 14.5 Å². The normalized spacial score (nSPS) is 10.3. The van der Waals surface area contributed by atoms with Gasteiger partial charge < -0.3 is 0 Å². The maximum absolute atomic E-state index is 12.6. The molecule has 0 aliphatic rings. The Morgan fingerprint density at radius 2 is 1.86 bits per heavy atom. The molecule has 0 saturated heterocycles. The van der Waals surface area contributed by atoms with Crippen LogP contribution in [0, 0.1) is 0 Å². The summed E-state index contributed by atoms with van der Waals surface area (Å²) in [7, 11) is 0. The monoisotopic (exact) mass is 281 g/mol. The Balaban J connectivity index is 2.33. The highest BCUT2D eigenvalue weighted by Gasteiger charge is 2.20. The highest BCUT2D eigenvalue weighted by atomic mass is 16.2. The second-order valence-corrected chi connectivity index (χ2v) is 4.91. The van der Waals surface area contributed by atoms with Crippen molar-refractivity contribution in [3.63, 3.8) is 0 Å². The number of unbranched alkanes of at least 4 members (excludes halogenated alkanes) is 1. The molecular formula is C18H19NO2. The molecule has 0 saturated carbocycles. The van der Waals surface area contributed by atoms with E-state index in [4.69, 9.17) is 0 Å². The van der Waals surface area contributed by atoms with E-state index >= 15 is 0 Å². The van der Waals surface area contributed by atoms with Gasteiger partial charge in [0.05, 0.1) is 0 Å². The van der Waals surface area contributed by atoms with Crippen molar-refractivity contribution < 1.29 is 9.59 Å². The van der Waals surface area contributed by atoms with Gasteiger partial charge in [0.2, 0.25) is 0 Å². The third-order valence-corrected chi connectivity index (χ3v) is 3.42. The fraction of sp³-hybridized carbons (Fsp3) is 0.222. The third-order valence-electron chi connectivity index (χ3n) is 3.42. The minimum absolute atomic E-state index is 0.265. The predicted molar refractivity (Wildman–Crippen MR) is 85.1 cm³/mol. The molecule has 0 aliphatic heterocycles. The fourth-order valence-electron chi connectivity index (χ4n) is 2.22. The number of nitrogens with zero attached hydrogens (tertiary/aromatic N) is 1. The molecule has 2 aromatic rings. The summed E-state index contributed by atoms with van der Waals surface area (Å²) < 4.78 is 0. The van der Waals surface area contributed by atoms with E-state index in [1.807, 2.05) is 43.3 Å². The summed E-state index contributed by atoms with van der Waals surface area (Å²) in [5.74, 6) is -0.610. The second kappa shape index (κ2) is 6.84. The fourth-order valence-corrected chi connectivity index (χ4v) is 2.22. The van der Waals surface area contributed by atoms with Crippen molar-refractivity contribution in [2.75, 3.05) is 6.54 Å². The first-order valence-corrected chi connectivity index (χ1v) is 7.14. The molecule has 2 aromatic carbocycles. The quantitative estimate of drug-likeness (QED) is 0.782. The molecule has 0 aliphatic carbocycles. The van der Waals surface area contributed by atoms with Crippen molar-refractivity contribution in [1.29, 1.82) is 0 Å². The Labute approximate surface area is 124 Å². The van der Waals surface area contributed by atoms with Gasteiger partial charge >= 0.3 is 0 Å². The molecule has 0 atom stereocenters. The molecule has 2 amide bonds. The van der Waals surface area contributed by atoms with Crippen molar-refractivity contribution in [2.45, 2.75) is 19.8 Å². The van der Waals surface area contributed by atoms with Crippen LogP contribution in [0.3, 0.4) is 0 Å². The third kappa shape index (κ3) is 3.37. The number of hydrogen-bond donors (Lipinski definition) is 0. The van der Waals surface area contributed by atoms with E-state index in [0.29, 0.717) is 12.1 Å². The predicted octanol–water partition coefficient (Wildman–Crippen LogP) is 3.79. The average Bonchev–Trinajstić information content (AvgIpc) is 2.54. The highest BCUT2D eigenvalue weighted by molar-refractivity contribution is 6.09. The molecule has 0 N–H and O–H groups in total. The molecule has 0 spiro atoms. The molecule has 0 fully saturated rings. The van der Waals surface area contributed by atoms with Crippen LogP contribution in [-0.2, 0) is 4.79 Å². The molecule has 21 heavy (non-hydrogen) atoms. The van der Waals surface area contributed by atoms with Gasteiger partial charge in [0.1, 0.15) is 0 Å². The van der Waals surface area contributed by atoms with Crippen molar-refractivity contribution in [1.82, 2.24) is 4.90 Å². The van der Waals surface area contributed by atoms with Crippen molar-refractivity contribution in [3.05, 3.63) is 60.7 Å². The molecular weight excluding hydrogens is 262 g/mol. The maximum Gasteiger partial charge on any atom is 0.260 e. The lowest BCUT2D eigenvalue weighted by Gasteiger charge is -2.19. The molecule has 0 unspecified atom stereocenters. The number of hydrogen-bond acceptors (Lipinski definition) is 2. The molecule has 0 radical (unpaired) electrons. The Bertz CT molecular complexity index is 676. The molecule has 0 heterocycles. The van der Waals surface area contributed by atoms with E-state index in [1.54, 1.807) is 6.07 Å². The first kappa shape index (κ1) is 15.0. The Kier molecular flexibility index (Phi) is 4.88. The van der Waals surface area contributed by atoms with E-state index in [1.165, 1.54) is 11.0 Å². The van der Waals surface area contributed by atoms with Crippen LogP contribution >= 0.6 is 0 Å². The zero-order chi connectivity index (χ0) is 15.2. The van der Waals surface area contributed by atoms with Gasteiger partial charge in [-0.15, -0.1) is 0 Å². The Morgan fingerprint density at radius 1 is 1.14 bits per heavy atom. The maximum atomic E-state index is 12.6. The zero-order valence-corrected chi connectivity index (χ0v) is 12.2. The summed E-state index contributed by atoms with van der Waals surface area (Å²) >= 11 is 0. The summed E-state index contributed by atoms with van der Waals surface area (Å²) in [6.07, 6.45) is 2.90. The smallest absolute Gasteiger partial charge is 0.260 e. The zero-order valence-electron chi connectivity index (χ0n) is 12.2. The first-order valence-electron chi connectivity index (χ1n) is 7.14. The highest BCUT2D eigenvalue weighted by Crippen LogP contribution is 2.17. The van der Waals surface area contributed by atoms with E-state index in [-0.39, 0.29) is 11.8 Å². The van der Waals surface area contributed by atoms with E-state index in [2.05, 4.69) is 6.58 Å². The van der Waals surface area contributed by atoms with Gasteiger partial charge in [0, 0.05) is 12.1 Å². The lowest BCUT2D eigenvalue weighted by molar-refractivity contribution is -0.123. The van der Waals surface area contributed by atoms with E-state index in [9.17, 15) is 9.59 Å². The van der Waals surface area contributed by atoms with E-state index < -0.39 is 0 Å². The van der Waals surface area contributed by atoms with E-state index in [0.717, 1.165) is 23.6 Å². The number of carbonyl (C=O) groups is 2. The number of fused-ring (bicyclic) bond motifs is 1. The van der Waals surface area contributed by atoms with Gasteiger partial charge in [-0.05, 0) is 35.4 Å². The number of imide groups is 1.